The van der Waals surface area contributed by atoms with Crippen LogP contribution >= 0.6 is 0 Å². The van der Waals surface area contributed by atoms with E-state index < -0.39 is 17.6 Å². The molecule has 1 aromatic heterocycles. The van der Waals surface area contributed by atoms with Crippen molar-refractivity contribution in [2.75, 3.05) is 6.61 Å². The Balaban J connectivity index is 1.23. The Labute approximate surface area is 246 Å². The van der Waals surface area contributed by atoms with Crippen LogP contribution in [0, 0.1) is 23.0 Å². The Morgan fingerprint density at radius 2 is 1.84 bits per heavy atom. The van der Waals surface area contributed by atoms with Gasteiger partial charge in [-0.25, -0.2) is 18.6 Å². The Hall–Kier alpha value is -5.07. The fourth-order valence-electron chi connectivity index (χ4n) is 5.34. The first-order valence-corrected chi connectivity index (χ1v) is 13.9. The SMILES string of the molecule is N#Cc1ccc(COc2cccc(-c3ccc(Cc4nc5ccc(C(=O)O)cc5n4CC4CCCO4)c(F)c3)c2)c(F)c1. The van der Waals surface area contributed by atoms with Crippen molar-refractivity contribution in [1.29, 1.82) is 5.26 Å². The number of aromatic carboxylic acids is 1. The van der Waals surface area contributed by atoms with Gasteiger partial charge in [0.15, 0.2) is 0 Å². The number of hydrogen-bond acceptors (Lipinski definition) is 5. The molecule has 0 saturated carbocycles. The molecule has 4 aromatic carbocycles. The zero-order chi connectivity index (χ0) is 29.9. The summed E-state index contributed by atoms with van der Waals surface area (Å²) < 4.78 is 43.3. The zero-order valence-corrected chi connectivity index (χ0v) is 23.1. The van der Waals surface area contributed by atoms with E-state index in [1.54, 1.807) is 36.4 Å². The van der Waals surface area contributed by atoms with E-state index in [1.807, 2.05) is 22.8 Å². The number of halogens is 2. The molecule has 1 unspecified atom stereocenters. The number of imidazole rings is 1. The maximum Gasteiger partial charge on any atom is 0.335 e. The third-order valence-corrected chi connectivity index (χ3v) is 7.63. The molecular weight excluding hydrogens is 552 g/mol. The van der Waals surface area contributed by atoms with Crippen LogP contribution in [0.4, 0.5) is 8.78 Å². The van der Waals surface area contributed by atoms with Gasteiger partial charge in [0, 0.05) is 18.6 Å². The minimum atomic E-state index is -1.02. The quantitative estimate of drug-likeness (QED) is 0.204. The summed E-state index contributed by atoms with van der Waals surface area (Å²) in [7, 11) is 0. The number of aromatic nitrogens is 2. The summed E-state index contributed by atoms with van der Waals surface area (Å²) in [4.78, 5) is 16.3. The molecule has 1 saturated heterocycles. The second-order valence-electron chi connectivity index (χ2n) is 10.5. The van der Waals surface area contributed by atoms with Gasteiger partial charge in [-0.3, -0.25) is 0 Å². The number of hydrogen-bond donors (Lipinski definition) is 1. The summed E-state index contributed by atoms with van der Waals surface area (Å²) in [5, 5.41) is 18.4. The summed E-state index contributed by atoms with van der Waals surface area (Å²) in [5.41, 5.74) is 3.88. The normalized spacial score (nSPS) is 14.6. The highest BCUT2D eigenvalue weighted by Gasteiger charge is 2.21. The van der Waals surface area contributed by atoms with Crippen LogP contribution in [0.15, 0.2) is 78.9 Å². The van der Waals surface area contributed by atoms with Gasteiger partial charge >= 0.3 is 5.97 Å². The number of nitrogens with zero attached hydrogens (tertiary/aromatic N) is 3. The number of benzene rings is 4. The molecular formula is C34H27F2N3O4. The summed E-state index contributed by atoms with van der Waals surface area (Å²) >= 11 is 0. The maximum atomic E-state index is 15.5. The van der Waals surface area contributed by atoms with Crippen LogP contribution in [0.3, 0.4) is 0 Å². The van der Waals surface area contributed by atoms with Crippen molar-refractivity contribution in [2.24, 2.45) is 0 Å². The molecule has 7 nitrogen and oxygen atoms in total. The molecule has 1 atom stereocenters. The fourth-order valence-corrected chi connectivity index (χ4v) is 5.34. The van der Waals surface area contributed by atoms with Crippen molar-refractivity contribution in [2.45, 2.75) is 38.5 Å². The number of nitriles is 1. The largest absolute Gasteiger partial charge is 0.489 e. The lowest BCUT2D eigenvalue weighted by Crippen LogP contribution is -2.17. The highest BCUT2D eigenvalue weighted by Crippen LogP contribution is 2.29. The third kappa shape index (κ3) is 6.10. The number of ether oxygens (including phenoxy) is 2. The lowest BCUT2D eigenvalue weighted by molar-refractivity contribution is 0.0697. The molecule has 9 heteroatoms. The molecule has 1 fully saturated rings. The molecule has 2 heterocycles. The molecule has 0 spiro atoms. The zero-order valence-electron chi connectivity index (χ0n) is 23.1. The number of carboxylic acid groups (broad SMARTS) is 1. The number of carbonyl (C=O) groups is 1. The molecule has 0 aliphatic carbocycles. The van der Waals surface area contributed by atoms with Crippen molar-refractivity contribution in [3.05, 3.63) is 119 Å². The maximum absolute atomic E-state index is 15.5. The topological polar surface area (TPSA) is 97.4 Å². The first-order valence-electron chi connectivity index (χ1n) is 13.9. The smallest absolute Gasteiger partial charge is 0.335 e. The van der Waals surface area contributed by atoms with Gasteiger partial charge in [0.25, 0.3) is 0 Å². The average Bonchev–Trinajstić information content (AvgIpc) is 3.65. The number of fused-ring (bicyclic) bond motifs is 1. The Morgan fingerprint density at radius 1 is 1.02 bits per heavy atom. The van der Waals surface area contributed by atoms with Crippen LogP contribution < -0.4 is 4.74 Å². The fraction of sp³-hybridized carbons (Fsp3) is 0.206. The average molecular weight is 580 g/mol. The monoisotopic (exact) mass is 579 g/mol. The van der Waals surface area contributed by atoms with E-state index in [0.717, 1.165) is 18.4 Å². The molecule has 0 radical (unpaired) electrons. The minimum Gasteiger partial charge on any atom is -0.489 e. The van der Waals surface area contributed by atoms with Crippen molar-refractivity contribution >= 4 is 17.0 Å². The lowest BCUT2D eigenvalue weighted by Gasteiger charge is -2.15. The van der Waals surface area contributed by atoms with Gasteiger partial charge in [-0.05, 0) is 78.1 Å². The van der Waals surface area contributed by atoms with E-state index in [0.29, 0.717) is 52.4 Å². The van der Waals surface area contributed by atoms with Gasteiger partial charge < -0.3 is 19.1 Å². The molecule has 0 bridgehead atoms. The van der Waals surface area contributed by atoms with Crippen LogP contribution in [-0.4, -0.2) is 33.3 Å². The molecule has 0 amide bonds. The predicted molar refractivity (Wildman–Crippen MR) is 156 cm³/mol. The molecule has 6 rings (SSSR count). The standard InChI is InChI=1S/C34H27F2N3O4/c35-29-13-21(18-37)6-7-26(29)20-43-27-4-1-3-22(14-27)23-8-9-24(30(36)15-23)17-33-38-31-11-10-25(34(40)41)16-32(31)39(33)19-28-5-2-12-42-28/h1,3-4,6-11,13-16,28H,2,5,12,17,19-20H2,(H,40,41). The van der Waals surface area contributed by atoms with Gasteiger partial charge in [0.1, 0.15) is 29.8 Å². The molecule has 1 aliphatic heterocycles. The van der Waals surface area contributed by atoms with Crippen LogP contribution in [0.25, 0.3) is 22.2 Å². The highest BCUT2D eigenvalue weighted by atomic mass is 19.1. The van der Waals surface area contributed by atoms with Crippen LogP contribution in [0.5, 0.6) is 5.75 Å². The van der Waals surface area contributed by atoms with Crippen molar-refractivity contribution in [3.8, 4) is 22.9 Å². The van der Waals surface area contributed by atoms with Gasteiger partial charge in [0.05, 0.1) is 40.9 Å². The second-order valence-corrected chi connectivity index (χ2v) is 10.5. The highest BCUT2D eigenvalue weighted by molar-refractivity contribution is 5.92. The Morgan fingerprint density at radius 3 is 2.58 bits per heavy atom. The van der Waals surface area contributed by atoms with Gasteiger partial charge in [-0.2, -0.15) is 5.26 Å². The third-order valence-electron chi connectivity index (χ3n) is 7.63. The van der Waals surface area contributed by atoms with E-state index >= 15 is 4.39 Å². The van der Waals surface area contributed by atoms with Gasteiger partial charge in [-0.1, -0.05) is 30.3 Å². The first kappa shape index (κ1) is 28.1. The first-order chi connectivity index (χ1) is 20.9. The van der Waals surface area contributed by atoms with E-state index in [4.69, 9.17) is 19.7 Å². The van der Waals surface area contributed by atoms with Crippen molar-refractivity contribution < 1.29 is 28.2 Å². The van der Waals surface area contributed by atoms with E-state index in [-0.39, 0.29) is 30.3 Å². The minimum absolute atomic E-state index is 0.0141. The van der Waals surface area contributed by atoms with Crippen molar-refractivity contribution in [3.63, 3.8) is 0 Å². The summed E-state index contributed by atoms with van der Waals surface area (Å²) in [6, 6.07) is 23.1. The second kappa shape index (κ2) is 12.0. The van der Waals surface area contributed by atoms with Crippen LogP contribution in [0.1, 0.15) is 45.7 Å². The summed E-state index contributed by atoms with van der Waals surface area (Å²) in [6.07, 6.45) is 2.06. The molecule has 216 valence electrons. The Bertz CT molecular complexity index is 1870. The van der Waals surface area contributed by atoms with Crippen LogP contribution in [0.2, 0.25) is 0 Å². The van der Waals surface area contributed by atoms with Gasteiger partial charge in [0.2, 0.25) is 0 Å². The van der Waals surface area contributed by atoms with Crippen LogP contribution in [-0.2, 0) is 24.3 Å². The summed E-state index contributed by atoms with van der Waals surface area (Å²) in [6.45, 7) is 1.17. The van der Waals surface area contributed by atoms with E-state index in [9.17, 15) is 14.3 Å². The molecule has 1 aliphatic rings. The van der Waals surface area contributed by atoms with E-state index in [1.165, 1.54) is 30.3 Å². The van der Waals surface area contributed by atoms with Gasteiger partial charge in [-0.15, -0.1) is 0 Å². The predicted octanol–water partition coefficient (Wildman–Crippen LogP) is 6.90. The summed E-state index contributed by atoms with van der Waals surface area (Å²) in [5.74, 6) is -0.810. The molecule has 5 aromatic rings. The van der Waals surface area contributed by atoms with E-state index in [2.05, 4.69) is 0 Å². The molecule has 43 heavy (non-hydrogen) atoms. The molecule has 1 N–H and O–H groups in total. The number of rotatable bonds is 9. The lowest BCUT2D eigenvalue weighted by atomic mass is 10.0. The van der Waals surface area contributed by atoms with Crippen molar-refractivity contribution in [1.82, 2.24) is 9.55 Å². The Kier molecular flexibility index (Phi) is 7.86. The number of carboxylic acids is 1.